The van der Waals surface area contributed by atoms with E-state index in [1.54, 1.807) is 0 Å². The Kier molecular flexibility index (Phi) is 4.23. The minimum atomic E-state index is -0.650. The van der Waals surface area contributed by atoms with E-state index in [4.69, 9.17) is 0 Å². The molecule has 0 aromatic carbocycles. The van der Waals surface area contributed by atoms with E-state index in [1.165, 1.54) is 25.7 Å². The summed E-state index contributed by atoms with van der Waals surface area (Å²) in [5.74, 6) is 0.364. The highest BCUT2D eigenvalue weighted by Crippen LogP contribution is 2.39. The lowest BCUT2D eigenvalue weighted by Gasteiger charge is -2.25. The summed E-state index contributed by atoms with van der Waals surface area (Å²) in [5.41, 5.74) is -0.650. The molecule has 4 heteroatoms. The van der Waals surface area contributed by atoms with Crippen molar-refractivity contribution in [3.63, 3.8) is 0 Å². The second-order valence-electron chi connectivity index (χ2n) is 5.83. The average molecular weight is 249 g/mol. The highest BCUT2D eigenvalue weighted by atomic mass is 16.2. The zero-order chi connectivity index (χ0) is 13.0. The Bertz CT molecular complexity index is 337. The fourth-order valence-corrected chi connectivity index (χ4v) is 2.71. The minimum Gasteiger partial charge on any atom is -0.337 e. The van der Waals surface area contributed by atoms with Gasteiger partial charge in [-0.15, -0.1) is 0 Å². The minimum absolute atomic E-state index is 0.00727. The molecule has 2 aliphatic rings. The molecule has 1 saturated heterocycles. The highest BCUT2D eigenvalue weighted by Gasteiger charge is 2.43. The van der Waals surface area contributed by atoms with Crippen LogP contribution in [0.2, 0.25) is 0 Å². The van der Waals surface area contributed by atoms with Crippen LogP contribution in [0.1, 0.15) is 45.4 Å². The second-order valence-corrected chi connectivity index (χ2v) is 5.83. The van der Waals surface area contributed by atoms with Crippen LogP contribution in [0.15, 0.2) is 0 Å². The van der Waals surface area contributed by atoms with Crippen molar-refractivity contribution in [3.8, 4) is 6.07 Å². The van der Waals surface area contributed by atoms with Gasteiger partial charge in [0.1, 0.15) is 5.54 Å². The molecule has 1 heterocycles. The summed E-state index contributed by atoms with van der Waals surface area (Å²) in [6.45, 7) is 4.33. The zero-order valence-corrected chi connectivity index (χ0v) is 11.2. The Morgan fingerprint density at radius 3 is 2.44 bits per heavy atom. The third kappa shape index (κ3) is 3.46. The van der Waals surface area contributed by atoms with Crippen LogP contribution in [0.5, 0.6) is 0 Å². The fraction of sp³-hybridized carbons (Fsp3) is 0.857. The molecule has 1 N–H and O–H groups in total. The Hall–Kier alpha value is -1.08. The van der Waals surface area contributed by atoms with E-state index in [0.29, 0.717) is 12.5 Å². The Balaban J connectivity index is 1.82. The number of carbonyl (C=O) groups excluding carboxylic acids is 1. The van der Waals surface area contributed by atoms with Crippen LogP contribution in [-0.4, -0.2) is 36.0 Å². The van der Waals surface area contributed by atoms with Gasteiger partial charge in [-0.25, -0.2) is 0 Å². The lowest BCUT2D eigenvalue weighted by atomic mass is 9.98. The lowest BCUT2D eigenvalue weighted by Crippen LogP contribution is -2.50. The van der Waals surface area contributed by atoms with Crippen molar-refractivity contribution >= 4 is 5.91 Å². The Labute approximate surface area is 109 Å². The Morgan fingerprint density at radius 1 is 1.33 bits per heavy atom. The molecule has 0 unspecified atom stereocenters. The van der Waals surface area contributed by atoms with Gasteiger partial charge in [0.2, 0.25) is 5.91 Å². The van der Waals surface area contributed by atoms with E-state index in [9.17, 15) is 10.1 Å². The first-order chi connectivity index (χ1) is 8.64. The van der Waals surface area contributed by atoms with Gasteiger partial charge >= 0.3 is 0 Å². The van der Waals surface area contributed by atoms with Gasteiger partial charge in [0, 0.05) is 0 Å². The van der Waals surface area contributed by atoms with Crippen LogP contribution in [0.3, 0.4) is 0 Å². The van der Waals surface area contributed by atoms with Gasteiger partial charge in [0.05, 0.1) is 12.6 Å². The van der Waals surface area contributed by atoms with Gasteiger partial charge in [-0.3, -0.25) is 9.69 Å². The Morgan fingerprint density at radius 2 is 1.94 bits per heavy atom. The van der Waals surface area contributed by atoms with Gasteiger partial charge in [-0.1, -0.05) is 12.8 Å². The van der Waals surface area contributed by atoms with E-state index in [1.807, 2.05) is 6.92 Å². The van der Waals surface area contributed by atoms with E-state index < -0.39 is 5.54 Å². The predicted octanol–water partition coefficient (Wildman–Crippen LogP) is 1.67. The van der Waals surface area contributed by atoms with E-state index in [0.717, 1.165) is 25.9 Å². The van der Waals surface area contributed by atoms with Crippen LogP contribution < -0.4 is 5.32 Å². The molecule has 1 aliphatic carbocycles. The van der Waals surface area contributed by atoms with Crippen LogP contribution in [0.25, 0.3) is 0 Å². The van der Waals surface area contributed by atoms with E-state index in [2.05, 4.69) is 16.3 Å². The van der Waals surface area contributed by atoms with Gasteiger partial charge in [0.25, 0.3) is 0 Å². The third-order valence-electron chi connectivity index (χ3n) is 4.09. The molecule has 100 valence electrons. The lowest BCUT2D eigenvalue weighted by molar-refractivity contribution is -0.123. The van der Waals surface area contributed by atoms with Gasteiger partial charge in [0.15, 0.2) is 0 Å². The molecule has 1 amide bonds. The standard InChI is InChI=1S/C14H23N3O/c1-14(11-15,12-6-7-12)16-13(18)10-17-8-4-2-3-5-9-17/h12H,2-10H2,1H3,(H,16,18)/t14-/m0/s1. The van der Waals surface area contributed by atoms with Crippen molar-refractivity contribution in [1.82, 2.24) is 10.2 Å². The maximum Gasteiger partial charge on any atom is 0.235 e. The molecule has 18 heavy (non-hydrogen) atoms. The maximum absolute atomic E-state index is 12.0. The number of hydrogen-bond donors (Lipinski definition) is 1. The summed E-state index contributed by atoms with van der Waals surface area (Å²) in [4.78, 5) is 14.2. The molecule has 0 spiro atoms. The van der Waals surface area contributed by atoms with Crippen molar-refractivity contribution in [2.45, 2.75) is 51.0 Å². The second kappa shape index (κ2) is 5.71. The molecule has 0 aromatic heterocycles. The summed E-state index contributed by atoms with van der Waals surface area (Å²) in [6, 6.07) is 2.27. The highest BCUT2D eigenvalue weighted by molar-refractivity contribution is 5.79. The molecule has 0 aromatic rings. The van der Waals surface area contributed by atoms with Crippen molar-refractivity contribution in [3.05, 3.63) is 0 Å². The van der Waals surface area contributed by atoms with Crippen molar-refractivity contribution in [2.75, 3.05) is 19.6 Å². The van der Waals surface area contributed by atoms with Gasteiger partial charge in [-0.2, -0.15) is 5.26 Å². The fourth-order valence-electron chi connectivity index (χ4n) is 2.71. The summed E-state index contributed by atoms with van der Waals surface area (Å²) >= 11 is 0. The number of rotatable bonds is 4. The molecular formula is C14H23N3O. The molecule has 0 bridgehead atoms. The molecule has 2 fully saturated rings. The van der Waals surface area contributed by atoms with Gasteiger partial charge in [-0.05, 0) is 51.6 Å². The summed E-state index contributed by atoms with van der Waals surface area (Å²) in [5, 5.41) is 12.1. The average Bonchev–Trinajstić information content (AvgIpc) is 3.16. The molecule has 4 nitrogen and oxygen atoms in total. The zero-order valence-electron chi connectivity index (χ0n) is 11.2. The van der Waals surface area contributed by atoms with Crippen molar-refractivity contribution < 1.29 is 4.79 Å². The molecular weight excluding hydrogens is 226 g/mol. The SMILES string of the molecule is C[C@@](C#N)(NC(=O)CN1CCCCCC1)C1CC1. The first kappa shape index (κ1) is 13.4. The largest absolute Gasteiger partial charge is 0.337 e. The van der Waals surface area contributed by atoms with Crippen LogP contribution in [0, 0.1) is 17.2 Å². The van der Waals surface area contributed by atoms with Crippen molar-refractivity contribution in [2.24, 2.45) is 5.92 Å². The molecule has 1 aliphatic heterocycles. The topological polar surface area (TPSA) is 56.1 Å². The number of carbonyl (C=O) groups is 1. The predicted molar refractivity (Wildman–Crippen MR) is 69.8 cm³/mol. The summed E-state index contributed by atoms with van der Waals surface area (Å²) < 4.78 is 0. The number of likely N-dealkylation sites (tertiary alicyclic amines) is 1. The maximum atomic E-state index is 12.0. The van der Waals surface area contributed by atoms with Crippen LogP contribution >= 0.6 is 0 Å². The molecule has 2 rings (SSSR count). The summed E-state index contributed by atoms with van der Waals surface area (Å²) in [7, 11) is 0. The van der Waals surface area contributed by atoms with E-state index in [-0.39, 0.29) is 5.91 Å². The summed E-state index contributed by atoms with van der Waals surface area (Å²) in [6.07, 6.45) is 7.05. The smallest absolute Gasteiger partial charge is 0.235 e. The quantitative estimate of drug-likeness (QED) is 0.824. The molecule has 1 saturated carbocycles. The first-order valence-electron chi connectivity index (χ1n) is 7.09. The normalized spacial score (nSPS) is 24.7. The number of amides is 1. The number of hydrogen-bond acceptors (Lipinski definition) is 3. The number of nitrogens with one attached hydrogen (secondary N) is 1. The monoisotopic (exact) mass is 249 g/mol. The number of nitriles is 1. The molecule has 0 radical (unpaired) electrons. The van der Waals surface area contributed by atoms with Crippen LogP contribution in [-0.2, 0) is 4.79 Å². The van der Waals surface area contributed by atoms with E-state index >= 15 is 0 Å². The molecule has 1 atom stereocenters. The third-order valence-corrected chi connectivity index (χ3v) is 4.09. The van der Waals surface area contributed by atoms with Gasteiger partial charge < -0.3 is 5.32 Å². The first-order valence-corrected chi connectivity index (χ1v) is 7.09. The van der Waals surface area contributed by atoms with Crippen molar-refractivity contribution in [1.29, 1.82) is 5.26 Å². The number of nitrogens with zero attached hydrogens (tertiary/aromatic N) is 2. The van der Waals surface area contributed by atoms with Crippen LogP contribution in [0.4, 0.5) is 0 Å².